The van der Waals surface area contributed by atoms with Crippen LogP contribution in [0.25, 0.3) is 22.3 Å². The molecule has 1 heterocycles. The monoisotopic (exact) mass is 268 g/mol. The van der Waals surface area contributed by atoms with Crippen LogP contribution in [0.4, 0.5) is 0 Å². The van der Waals surface area contributed by atoms with E-state index in [9.17, 15) is 10.2 Å². The maximum Gasteiger partial charge on any atom is 0.138 e. The highest BCUT2D eigenvalue weighted by molar-refractivity contribution is 5.87. The van der Waals surface area contributed by atoms with Gasteiger partial charge < -0.3 is 14.6 Å². The summed E-state index contributed by atoms with van der Waals surface area (Å²) < 4.78 is 5.95. The van der Waals surface area contributed by atoms with E-state index in [1.807, 2.05) is 18.2 Å². The fourth-order valence-corrected chi connectivity index (χ4v) is 2.36. The third-order valence-corrected chi connectivity index (χ3v) is 3.40. The second-order valence-corrected chi connectivity index (χ2v) is 5.27. The minimum absolute atomic E-state index is 0.227. The molecular formula is C17H16O3. The molecule has 0 unspecified atom stereocenters. The molecule has 20 heavy (non-hydrogen) atoms. The molecular weight excluding hydrogens is 252 g/mol. The summed E-state index contributed by atoms with van der Waals surface area (Å²) in [7, 11) is 0. The van der Waals surface area contributed by atoms with Crippen LogP contribution in [0.1, 0.15) is 25.3 Å². The van der Waals surface area contributed by atoms with Crippen molar-refractivity contribution >= 4 is 11.0 Å². The van der Waals surface area contributed by atoms with Gasteiger partial charge in [-0.05, 0) is 48.4 Å². The van der Waals surface area contributed by atoms with Gasteiger partial charge >= 0.3 is 0 Å². The van der Waals surface area contributed by atoms with Crippen LogP contribution in [0.5, 0.6) is 11.5 Å². The van der Waals surface area contributed by atoms with Crippen LogP contribution >= 0.6 is 0 Å². The van der Waals surface area contributed by atoms with E-state index in [0.29, 0.717) is 0 Å². The first kappa shape index (κ1) is 12.6. The minimum Gasteiger partial charge on any atom is -0.508 e. The van der Waals surface area contributed by atoms with Crippen LogP contribution in [-0.2, 0) is 0 Å². The van der Waals surface area contributed by atoms with E-state index in [2.05, 4.69) is 13.8 Å². The number of hydrogen-bond acceptors (Lipinski definition) is 3. The SMILES string of the molecule is CC(C)c1cc(O)cc2cc(-c3ccc(O)cc3)oc12. The van der Waals surface area contributed by atoms with Gasteiger partial charge in [-0.25, -0.2) is 0 Å². The molecule has 0 aliphatic heterocycles. The molecule has 0 fully saturated rings. The molecule has 0 radical (unpaired) electrons. The third-order valence-electron chi connectivity index (χ3n) is 3.40. The van der Waals surface area contributed by atoms with E-state index >= 15 is 0 Å². The Hall–Kier alpha value is -2.42. The topological polar surface area (TPSA) is 53.6 Å². The maximum atomic E-state index is 9.80. The Kier molecular flexibility index (Phi) is 2.90. The predicted octanol–water partition coefficient (Wildman–Crippen LogP) is 4.63. The van der Waals surface area contributed by atoms with E-state index in [1.54, 1.807) is 24.3 Å². The molecule has 2 aromatic carbocycles. The third kappa shape index (κ3) is 2.11. The van der Waals surface area contributed by atoms with Crippen LogP contribution in [0.3, 0.4) is 0 Å². The molecule has 0 aliphatic carbocycles. The molecule has 2 N–H and O–H groups in total. The molecule has 1 aromatic heterocycles. The van der Waals surface area contributed by atoms with E-state index < -0.39 is 0 Å². The Morgan fingerprint density at radius 2 is 1.60 bits per heavy atom. The van der Waals surface area contributed by atoms with Crippen molar-refractivity contribution in [1.82, 2.24) is 0 Å². The Morgan fingerprint density at radius 1 is 0.900 bits per heavy atom. The number of hydrogen-bond donors (Lipinski definition) is 2. The van der Waals surface area contributed by atoms with Crippen molar-refractivity contribution in [3.05, 3.63) is 48.0 Å². The number of phenolic OH excluding ortho intramolecular Hbond substituents is 2. The standard InChI is InChI=1S/C17H16O3/c1-10(2)15-9-14(19)7-12-8-16(20-17(12)15)11-3-5-13(18)6-4-11/h3-10,18-19H,1-2H3. The van der Waals surface area contributed by atoms with Crippen LogP contribution in [0.15, 0.2) is 46.9 Å². The molecule has 3 aromatic rings. The second-order valence-electron chi connectivity index (χ2n) is 5.27. The van der Waals surface area contributed by atoms with Crippen molar-refractivity contribution in [1.29, 1.82) is 0 Å². The van der Waals surface area contributed by atoms with E-state index in [4.69, 9.17) is 4.42 Å². The Balaban J connectivity index is 2.19. The van der Waals surface area contributed by atoms with Crippen molar-refractivity contribution < 1.29 is 14.6 Å². The summed E-state index contributed by atoms with van der Waals surface area (Å²) in [5, 5.41) is 20.0. The molecule has 0 saturated carbocycles. The second kappa shape index (κ2) is 4.60. The van der Waals surface area contributed by atoms with Crippen molar-refractivity contribution in [2.45, 2.75) is 19.8 Å². The fraction of sp³-hybridized carbons (Fsp3) is 0.176. The van der Waals surface area contributed by atoms with Crippen molar-refractivity contribution in [2.75, 3.05) is 0 Å². The highest BCUT2D eigenvalue weighted by Crippen LogP contribution is 2.35. The lowest BCUT2D eigenvalue weighted by Gasteiger charge is -2.06. The normalized spacial score (nSPS) is 11.3. The van der Waals surface area contributed by atoms with Gasteiger partial charge in [-0.1, -0.05) is 13.8 Å². The molecule has 0 aliphatic rings. The molecule has 0 spiro atoms. The maximum absolute atomic E-state index is 9.80. The van der Waals surface area contributed by atoms with E-state index in [1.165, 1.54) is 0 Å². The highest BCUT2D eigenvalue weighted by Gasteiger charge is 2.13. The molecule has 3 rings (SSSR count). The molecule has 0 bridgehead atoms. The summed E-state index contributed by atoms with van der Waals surface area (Å²) in [6.07, 6.45) is 0. The smallest absolute Gasteiger partial charge is 0.138 e. The van der Waals surface area contributed by atoms with Crippen LogP contribution in [0.2, 0.25) is 0 Å². The average molecular weight is 268 g/mol. The first-order valence-corrected chi connectivity index (χ1v) is 6.60. The van der Waals surface area contributed by atoms with Crippen LogP contribution < -0.4 is 0 Å². The number of phenols is 2. The van der Waals surface area contributed by atoms with Gasteiger partial charge in [-0.2, -0.15) is 0 Å². The lowest BCUT2D eigenvalue weighted by molar-refractivity contribution is 0.474. The Bertz CT molecular complexity index is 752. The van der Waals surface area contributed by atoms with E-state index in [0.717, 1.165) is 27.9 Å². The molecule has 0 amide bonds. The number of fused-ring (bicyclic) bond motifs is 1. The van der Waals surface area contributed by atoms with Gasteiger partial charge in [-0.15, -0.1) is 0 Å². The Morgan fingerprint density at radius 3 is 2.25 bits per heavy atom. The van der Waals surface area contributed by atoms with Gasteiger partial charge in [0.25, 0.3) is 0 Å². The van der Waals surface area contributed by atoms with Crippen LogP contribution in [0, 0.1) is 0 Å². The molecule has 0 saturated heterocycles. The number of benzene rings is 2. The van der Waals surface area contributed by atoms with Gasteiger partial charge in [0.05, 0.1) is 0 Å². The van der Waals surface area contributed by atoms with Crippen LogP contribution in [-0.4, -0.2) is 10.2 Å². The first-order chi connectivity index (χ1) is 9.54. The summed E-state index contributed by atoms with van der Waals surface area (Å²) >= 11 is 0. The number of rotatable bonds is 2. The van der Waals surface area contributed by atoms with Crippen molar-refractivity contribution in [3.63, 3.8) is 0 Å². The zero-order chi connectivity index (χ0) is 14.3. The predicted molar refractivity (Wildman–Crippen MR) is 79.1 cm³/mol. The summed E-state index contributed by atoms with van der Waals surface area (Å²) in [6, 6.07) is 12.2. The molecule has 0 atom stereocenters. The van der Waals surface area contributed by atoms with Gasteiger partial charge in [0.15, 0.2) is 0 Å². The lowest BCUT2D eigenvalue weighted by Crippen LogP contribution is -1.87. The largest absolute Gasteiger partial charge is 0.508 e. The molecule has 3 nitrogen and oxygen atoms in total. The van der Waals surface area contributed by atoms with Gasteiger partial charge in [0.1, 0.15) is 22.8 Å². The number of furan rings is 1. The lowest BCUT2D eigenvalue weighted by atomic mass is 10.0. The zero-order valence-corrected chi connectivity index (χ0v) is 11.4. The molecule has 3 heteroatoms. The Labute approximate surface area is 117 Å². The summed E-state index contributed by atoms with van der Waals surface area (Å²) in [6.45, 7) is 4.13. The van der Waals surface area contributed by atoms with Gasteiger partial charge in [-0.3, -0.25) is 0 Å². The highest BCUT2D eigenvalue weighted by atomic mass is 16.3. The quantitative estimate of drug-likeness (QED) is 0.712. The van der Waals surface area contributed by atoms with Crippen molar-refractivity contribution in [2.24, 2.45) is 0 Å². The number of aromatic hydroxyl groups is 2. The van der Waals surface area contributed by atoms with Gasteiger partial charge in [0.2, 0.25) is 0 Å². The van der Waals surface area contributed by atoms with Gasteiger partial charge in [0, 0.05) is 16.5 Å². The summed E-state index contributed by atoms with van der Waals surface area (Å²) in [5.74, 6) is 1.47. The first-order valence-electron chi connectivity index (χ1n) is 6.60. The van der Waals surface area contributed by atoms with E-state index in [-0.39, 0.29) is 17.4 Å². The average Bonchev–Trinajstić information content (AvgIpc) is 2.81. The summed E-state index contributed by atoms with van der Waals surface area (Å²) in [4.78, 5) is 0. The fourth-order valence-electron chi connectivity index (χ4n) is 2.36. The minimum atomic E-state index is 0.227. The van der Waals surface area contributed by atoms with Crippen molar-refractivity contribution in [3.8, 4) is 22.8 Å². The zero-order valence-electron chi connectivity index (χ0n) is 11.4. The molecule has 102 valence electrons. The summed E-state index contributed by atoms with van der Waals surface area (Å²) in [5.41, 5.74) is 2.69.